The lowest BCUT2D eigenvalue weighted by atomic mass is 9.86. The van der Waals surface area contributed by atoms with Crippen molar-refractivity contribution < 1.29 is 4.39 Å². The lowest BCUT2D eigenvalue weighted by Crippen LogP contribution is -2.10. The second-order valence-electron chi connectivity index (χ2n) is 5.57. The Bertz CT molecular complexity index is 613. The van der Waals surface area contributed by atoms with Crippen LogP contribution >= 0.6 is 31.9 Å². The van der Waals surface area contributed by atoms with E-state index in [4.69, 9.17) is 0 Å². The first-order valence-corrected chi connectivity index (χ1v) is 7.63. The molecule has 0 saturated heterocycles. The predicted molar refractivity (Wildman–Crippen MR) is 85.9 cm³/mol. The summed E-state index contributed by atoms with van der Waals surface area (Å²) in [6.07, 6.45) is 0. The number of halogens is 3. The molecule has 19 heavy (non-hydrogen) atoms. The van der Waals surface area contributed by atoms with Crippen molar-refractivity contribution in [2.45, 2.75) is 26.2 Å². The van der Waals surface area contributed by atoms with E-state index in [1.807, 2.05) is 6.07 Å². The highest BCUT2D eigenvalue weighted by atomic mass is 79.9. The molecule has 0 fully saturated rings. The molecule has 0 nitrogen and oxygen atoms in total. The smallest absolute Gasteiger partial charge is 0.123 e. The van der Waals surface area contributed by atoms with E-state index in [0.29, 0.717) is 0 Å². The van der Waals surface area contributed by atoms with Crippen LogP contribution in [-0.4, -0.2) is 0 Å². The van der Waals surface area contributed by atoms with Gasteiger partial charge in [-0.25, -0.2) is 4.39 Å². The molecule has 0 amide bonds. The van der Waals surface area contributed by atoms with Gasteiger partial charge in [0.15, 0.2) is 0 Å². The van der Waals surface area contributed by atoms with Crippen LogP contribution in [0.2, 0.25) is 0 Å². The lowest BCUT2D eigenvalue weighted by molar-refractivity contribution is 0.590. The topological polar surface area (TPSA) is 0 Å². The monoisotopic (exact) mass is 384 g/mol. The van der Waals surface area contributed by atoms with Crippen molar-refractivity contribution in [2.24, 2.45) is 0 Å². The van der Waals surface area contributed by atoms with Crippen LogP contribution < -0.4 is 0 Å². The molecular weight excluding hydrogens is 371 g/mol. The first kappa shape index (κ1) is 14.7. The fourth-order valence-corrected chi connectivity index (χ4v) is 2.96. The van der Waals surface area contributed by atoms with Crippen LogP contribution in [0.15, 0.2) is 45.3 Å². The van der Waals surface area contributed by atoms with Gasteiger partial charge < -0.3 is 0 Å². The van der Waals surface area contributed by atoms with E-state index in [9.17, 15) is 4.39 Å². The van der Waals surface area contributed by atoms with Crippen LogP contribution in [0.3, 0.4) is 0 Å². The lowest BCUT2D eigenvalue weighted by Gasteiger charge is -2.20. The van der Waals surface area contributed by atoms with E-state index >= 15 is 0 Å². The molecule has 0 spiro atoms. The van der Waals surface area contributed by atoms with Gasteiger partial charge in [0.1, 0.15) is 5.82 Å². The van der Waals surface area contributed by atoms with E-state index in [1.54, 1.807) is 12.1 Å². The zero-order valence-electron chi connectivity index (χ0n) is 11.1. The van der Waals surface area contributed by atoms with Crippen molar-refractivity contribution in [3.8, 4) is 11.1 Å². The maximum absolute atomic E-state index is 13.4. The minimum Gasteiger partial charge on any atom is -0.207 e. The summed E-state index contributed by atoms with van der Waals surface area (Å²) in [6.45, 7) is 6.52. The number of rotatable bonds is 1. The van der Waals surface area contributed by atoms with Gasteiger partial charge in [0.05, 0.1) is 0 Å². The molecule has 3 heteroatoms. The van der Waals surface area contributed by atoms with Crippen molar-refractivity contribution in [1.82, 2.24) is 0 Å². The number of benzene rings is 2. The molecule has 0 radical (unpaired) electrons. The Morgan fingerprint density at radius 2 is 1.53 bits per heavy atom. The van der Waals surface area contributed by atoms with E-state index in [2.05, 4.69) is 64.8 Å². The van der Waals surface area contributed by atoms with Gasteiger partial charge in [-0.1, -0.05) is 64.8 Å². The first-order valence-electron chi connectivity index (χ1n) is 6.04. The fourth-order valence-electron chi connectivity index (χ4n) is 1.90. The average molecular weight is 386 g/mol. The van der Waals surface area contributed by atoms with Gasteiger partial charge >= 0.3 is 0 Å². The van der Waals surface area contributed by atoms with Crippen molar-refractivity contribution in [1.29, 1.82) is 0 Å². The quantitative estimate of drug-likeness (QED) is 0.539. The van der Waals surface area contributed by atoms with E-state index in [1.165, 1.54) is 11.6 Å². The molecule has 0 aromatic heterocycles. The zero-order valence-corrected chi connectivity index (χ0v) is 14.3. The van der Waals surface area contributed by atoms with Crippen LogP contribution in [-0.2, 0) is 5.41 Å². The summed E-state index contributed by atoms with van der Waals surface area (Å²) in [5.74, 6) is -0.231. The van der Waals surface area contributed by atoms with Gasteiger partial charge in [-0.2, -0.15) is 0 Å². The maximum atomic E-state index is 13.4. The third-order valence-corrected chi connectivity index (χ3v) is 4.40. The molecule has 2 rings (SSSR count). The van der Waals surface area contributed by atoms with Crippen LogP contribution in [0.4, 0.5) is 4.39 Å². The minimum absolute atomic E-state index is 0.0974. The molecule has 0 aliphatic carbocycles. The summed E-state index contributed by atoms with van der Waals surface area (Å²) in [6, 6.07) is 11.0. The molecule has 2 aromatic rings. The molecule has 0 N–H and O–H groups in total. The van der Waals surface area contributed by atoms with Gasteiger partial charge in [-0.3, -0.25) is 0 Å². The Hall–Kier alpha value is -0.670. The highest BCUT2D eigenvalue weighted by molar-refractivity contribution is 9.11. The van der Waals surface area contributed by atoms with Crippen LogP contribution in [0, 0.1) is 5.82 Å². The van der Waals surface area contributed by atoms with Crippen molar-refractivity contribution in [3.05, 3.63) is 56.7 Å². The Kier molecular flexibility index (Phi) is 4.17. The van der Waals surface area contributed by atoms with Crippen molar-refractivity contribution in [3.63, 3.8) is 0 Å². The molecule has 2 aromatic carbocycles. The third kappa shape index (κ3) is 3.26. The van der Waals surface area contributed by atoms with Gasteiger partial charge in [-0.05, 0) is 46.4 Å². The minimum atomic E-state index is -0.231. The van der Waals surface area contributed by atoms with E-state index in [-0.39, 0.29) is 11.2 Å². The molecule has 0 aliphatic heterocycles. The zero-order chi connectivity index (χ0) is 14.2. The van der Waals surface area contributed by atoms with Gasteiger partial charge in [-0.15, -0.1) is 0 Å². The van der Waals surface area contributed by atoms with Crippen LogP contribution in [0.25, 0.3) is 11.1 Å². The molecule has 0 bridgehead atoms. The second-order valence-corrected chi connectivity index (χ2v) is 7.28. The molecule has 0 saturated carbocycles. The molecule has 0 aliphatic rings. The third-order valence-electron chi connectivity index (χ3n) is 3.05. The summed E-state index contributed by atoms with van der Waals surface area (Å²) >= 11 is 7.06. The second kappa shape index (κ2) is 5.37. The number of hydrogen-bond donors (Lipinski definition) is 0. The molecule has 100 valence electrons. The Morgan fingerprint density at radius 1 is 0.842 bits per heavy atom. The number of hydrogen-bond acceptors (Lipinski definition) is 0. The van der Waals surface area contributed by atoms with Gasteiger partial charge in [0.25, 0.3) is 0 Å². The molecular formula is C16H15Br2F. The predicted octanol–water partition coefficient (Wildman–Crippen LogP) is 6.32. The van der Waals surface area contributed by atoms with Gasteiger partial charge in [0.2, 0.25) is 0 Å². The largest absolute Gasteiger partial charge is 0.207 e. The summed E-state index contributed by atoms with van der Waals surface area (Å²) in [4.78, 5) is 0. The summed E-state index contributed by atoms with van der Waals surface area (Å²) in [5, 5.41) is 0. The fraction of sp³-hybridized carbons (Fsp3) is 0.250. The van der Waals surface area contributed by atoms with Gasteiger partial charge in [0, 0.05) is 8.95 Å². The van der Waals surface area contributed by atoms with Crippen LogP contribution in [0.5, 0.6) is 0 Å². The van der Waals surface area contributed by atoms with Crippen LogP contribution in [0.1, 0.15) is 26.3 Å². The standard InChI is InChI=1S/C16H15Br2F/c1-16(2,3)10-4-6-12(15(18)8-10)13-9-11(19)5-7-14(13)17/h4-9H,1-3H3. The van der Waals surface area contributed by atoms with E-state index < -0.39 is 0 Å². The summed E-state index contributed by atoms with van der Waals surface area (Å²) < 4.78 is 15.3. The Labute approximate surface area is 130 Å². The van der Waals surface area contributed by atoms with E-state index in [0.717, 1.165) is 20.1 Å². The van der Waals surface area contributed by atoms with Crippen molar-refractivity contribution >= 4 is 31.9 Å². The molecule has 0 atom stereocenters. The molecule has 0 heterocycles. The Morgan fingerprint density at radius 3 is 2.11 bits per heavy atom. The highest BCUT2D eigenvalue weighted by Gasteiger charge is 2.16. The maximum Gasteiger partial charge on any atom is 0.123 e. The summed E-state index contributed by atoms with van der Waals surface area (Å²) in [7, 11) is 0. The SMILES string of the molecule is CC(C)(C)c1ccc(-c2cc(F)ccc2Br)c(Br)c1. The first-order chi connectivity index (χ1) is 8.79. The highest BCUT2D eigenvalue weighted by Crippen LogP contribution is 2.36. The van der Waals surface area contributed by atoms with Crippen molar-refractivity contribution in [2.75, 3.05) is 0 Å². The normalized spacial score (nSPS) is 11.7. The average Bonchev–Trinajstić information content (AvgIpc) is 2.31. The molecule has 0 unspecified atom stereocenters. The summed E-state index contributed by atoms with van der Waals surface area (Å²) in [5.41, 5.74) is 3.18. The Balaban J connectivity index is 2.55.